The number of ether oxygens (including phenoxy) is 1. The lowest BCUT2D eigenvalue weighted by atomic mass is 10.2. The Morgan fingerprint density at radius 3 is 2.80 bits per heavy atom. The third-order valence-electron chi connectivity index (χ3n) is 3.59. The second kappa shape index (κ2) is 6.98. The van der Waals surface area contributed by atoms with E-state index in [1.165, 1.54) is 28.0 Å². The predicted octanol–water partition coefficient (Wildman–Crippen LogP) is 4.47. The van der Waals surface area contributed by atoms with Crippen LogP contribution in [0.25, 0.3) is 10.2 Å². The highest BCUT2D eigenvalue weighted by molar-refractivity contribution is 7.17. The molecular weight excluding hydrogens is 365 g/mol. The molecule has 0 aliphatic carbocycles. The number of pyridine rings is 1. The Balaban J connectivity index is 2.19. The zero-order chi connectivity index (χ0) is 18.1. The molecule has 0 amide bonds. The zero-order valence-corrected chi connectivity index (χ0v) is 15.2. The number of halogens is 2. The Hall–Kier alpha value is -2.18. The van der Waals surface area contributed by atoms with Crippen molar-refractivity contribution in [1.29, 1.82) is 0 Å². The molecule has 0 aliphatic heterocycles. The molecule has 3 aromatic rings. The van der Waals surface area contributed by atoms with Gasteiger partial charge in [0.1, 0.15) is 11.4 Å². The van der Waals surface area contributed by atoms with E-state index in [4.69, 9.17) is 16.3 Å². The van der Waals surface area contributed by atoms with Crippen molar-refractivity contribution in [3.8, 4) is 0 Å². The van der Waals surface area contributed by atoms with Crippen LogP contribution in [0.5, 0.6) is 0 Å². The van der Waals surface area contributed by atoms with Crippen molar-refractivity contribution in [2.24, 2.45) is 0 Å². The Kier molecular flexibility index (Phi) is 4.92. The molecule has 0 atom stereocenters. The molecule has 4 nitrogen and oxygen atoms in total. The molecule has 7 heteroatoms. The summed E-state index contributed by atoms with van der Waals surface area (Å²) in [5.41, 5.74) is 0.470. The van der Waals surface area contributed by atoms with Crippen molar-refractivity contribution in [3.63, 3.8) is 0 Å². The van der Waals surface area contributed by atoms with E-state index in [-0.39, 0.29) is 29.1 Å². The molecular formula is C18H15ClFNO3S. The van der Waals surface area contributed by atoms with Gasteiger partial charge in [-0.25, -0.2) is 9.18 Å². The highest BCUT2D eigenvalue weighted by Gasteiger charge is 2.24. The smallest absolute Gasteiger partial charge is 0.345 e. The summed E-state index contributed by atoms with van der Waals surface area (Å²) in [4.78, 5) is 25.2. The van der Waals surface area contributed by atoms with E-state index in [2.05, 4.69) is 0 Å². The van der Waals surface area contributed by atoms with E-state index < -0.39 is 11.5 Å². The first kappa shape index (κ1) is 17.6. The van der Waals surface area contributed by atoms with Crippen molar-refractivity contribution in [3.05, 3.63) is 68.0 Å². The summed E-state index contributed by atoms with van der Waals surface area (Å²) in [7, 11) is 0. The Labute approximate surface area is 152 Å². The minimum atomic E-state index is -0.756. The van der Waals surface area contributed by atoms with Gasteiger partial charge in [0.05, 0.1) is 27.9 Å². The maximum atomic E-state index is 13.5. The summed E-state index contributed by atoms with van der Waals surface area (Å²) in [6.45, 7) is 3.52. The fraction of sp³-hybridized carbons (Fsp3) is 0.222. The molecule has 0 spiro atoms. The molecule has 0 unspecified atom stereocenters. The van der Waals surface area contributed by atoms with Gasteiger partial charge in [0.2, 0.25) is 0 Å². The van der Waals surface area contributed by atoms with Gasteiger partial charge >= 0.3 is 5.97 Å². The van der Waals surface area contributed by atoms with Gasteiger partial charge < -0.3 is 9.30 Å². The normalized spacial score (nSPS) is 11.2. The van der Waals surface area contributed by atoms with E-state index in [1.54, 1.807) is 37.4 Å². The summed E-state index contributed by atoms with van der Waals surface area (Å²) in [5, 5.41) is 1.88. The molecule has 2 heterocycles. The van der Waals surface area contributed by atoms with Gasteiger partial charge in [-0.05, 0) is 43.0 Å². The van der Waals surface area contributed by atoms with Crippen LogP contribution in [-0.4, -0.2) is 16.6 Å². The molecule has 2 aromatic heterocycles. The van der Waals surface area contributed by atoms with E-state index >= 15 is 0 Å². The van der Waals surface area contributed by atoms with E-state index in [9.17, 15) is 14.0 Å². The summed E-state index contributed by atoms with van der Waals surface area (Å²) < 4.78 is 20.7. The Morgan fingerprint density at radius 2 is 2.12 bits per heavy atom. The molecule has 0 bridgehead atoms. The topological polar surface area (TPSA) is 48.3 Å². The van der Waals surface area contributed by atoms with Crippen molar-refractivity contribution in [1.82, 2.24) is 4.57 Å². The zero-order valence-electron chi connectivity index (χ0n) is 13.6. The van der Waals surface area contributed by atoms with Gasteiger partial charge in [-0.1, -0.05) is 23.7 Å². The van der Waals surface area contributed by atoms with E-state index in [1.807, 2.05) is 0 Å². The van der Waals surface area contributed by atoms with Gasteiger partial charge in [0.15, 0.2) is 0 Å². The highest BCUT2D eigenvalue weighted by Crippen LogP contribution is 2.30. The summed E-state index contributed by atoms with van der Waals surface area (Å²) in [5.74, 6) is -1.14. The molecule has 25 heavy (non-hydrogen) atoms. The van der Waals surface area contributed by atoms with Gasteiger partial charge in [-0.2, -0.15) is 0 Å². The molecule has 3 rings (SSSR count). The van der Waals surface area contributed by atoms with Crippen molar-refractivity contribution in [2.45, 2.75) is 26.5 Å². The number of fused-ring (bicyclic) bond motifs is 1. The average molecular weight is 380 g/mol. The summed E-state index contributed by atoms with van der Waals surface area (Å²) in [6.07, 6.45) is -0.376. The molecule has 1 aromatic carbocycles. The Morgan fingerprint density at radius 1 is 1.36 bits per heavy atom. The van der Waals surface area contributed by atoms with Crippen molar-refractivity contribution >= 4 is 39.1 Å². The third-order valence-corrected chi connectivity index (χ3v) is 5.00. The second-order valence-electron chi connectivity index (χ2n) is 5.80. The number of rotatable bonds is 4. The predicted molar refractivity (Wildman–Crippen MR) is 97.1 cm³/mol. The van der Waals surface area contributed by atoms with Gasteiger partial charge in [0.25, 0.3) is 5.56 Å². The minimum Gasteiger partial charge on any atom is -0.459 e. The average Bonchev–Trinajstić information content (AvgIpc) is 3.00. The lowest BCUT2D eigenvalue weighted by molar-refractivity contribution is 0.0375. The monoisotopic (exact) mass is 379 g/mol. The number of nitrogens with zero attached hydrogens (tertiary/aromatic N) is 1. The van der Waals surface area contributed by atoms with Gasteiger partial charge in [0, 0.05) is 0 Å². The number of carbonyl (C=O) groups excluding carboxylic acids is 1. The van der Waals surface area contributed by atoms with Crippen LogP contribution < -0.4 is 5.56 Å². The summed E-state index contributed by atoms with van der Waals surface area (Å²) in [6, 6.07) is 7.73. The van der Waals surface area contributed by atoms with Crippen molar-refractivity contribution < 1.29 is 13.9 Å². The highest BCUT2D eigenvalue weighted by atomic mass is 35.5. The fourth-order valence-corrected chi connectivity index (χ4v) is 3.78. The molecule has 0 saturated heterocycles. The van der Waals surface area contributed by atoms with Crippen LogP contribution in [0, 0.1) is 5.82 Å². The van der Waals surface area contributed by atoms with E-state index in [0.717, 1.165) is 0 Å². The number of hydrogen-bond donors (Lipinski definition) is 0. The Bertz CT molecular complexity index is 1010. The SMILES string of the molecule is CC(C)OC(=O)c1c(Cl)c2sccc2n(Cc2cccc(F)c2)c1=O. The third kappa shape index (κ3) is 3.45. The first-order valence-electron chi connectivity index (χ1n) is 7.63. The number of benzene rings is 1. The standard InChI is InChI=1S/C18H15ClFNO3S/c1-10(2)24-18(23)14-15(19)16-13(6-7-25-16)21(17(14)22)9-11-4-3-5-12(20)8-11/h3-8,10H,9H2,1-2H3. The lowest BCUT2D eigenvalue weighted by Crippen LogP contribution is -2.29. The molecule has 130 valence electrons. The van der Waals surface area contributed by atoms with Crippen LogP contribution in [0.2, 0.25) is 5.02 Å². The largest absolute Gasteiger partial charge is 0.459 e. The van der Waals surface area contributed by atoms with Crippen LogP contribution in [0.4, 0.5) is 4.39 Å². The first-order valence-corrected chi connectivity index (χ1v) is 8.89. The molecule has 0 N–H and O–H groups in total. The van der Waals surface area contributed by atoms with Crippen molar-refractivity contribution in [2.75, 3.05) is 0 Å². The van der Waals surface area contributed by atoms with E-state index in [0.29, 0.717) is 15.8 Å². The second-order valence-corrected chi connectivity index (χ2v) is 7.09. The van der Waals surface area contributed by atoms with Gasteiger partial charge in [-0.15, -0.1) is 11.3 Å². The maximum Gasteiger partial charge on any atom is 0.345 e. The minimum absolute atomic E-state index is 0.0937. The molecule has 0 saturated carbocycles. The number of thiophene rings is 1. The molecule has 0 fully saturated rings. The maximum absolute atomic E-state index is 13.5. The molecule has 0 radical (unpaired) electrons. The van der Waals surface area contributed by atoms with Gasteiger partial charge in [-0.3, -0.25) is 4.79 Å². The quantitative estimate of drug-likeness (QED) is 0.628. The number of hydrogen-bond acceptors (Lipinski definition) is 4. The van der Waals surface area contributed by atoms with Crippen LogP contribution >= 0.6 is 22.9 Å². The first-order chi connectivity index (χ1) is 11.9. The number of carbonyl (C=O) groups is 1. The van der Waals surface area contributed by atoms with Crippen LogP contribution in [0.3, 0.4) is 0 Å². The lowest BCUT2D eigenvalue weighted by Gasteiger charge is -2.14. The fourth-order valence-electron chi connectivity index (χ4n) is 2.56. The molecule has 0 aliphatic rings. The van der Waals surface area contributed by atoms with Crippen LogP contribution in [-0.2, 0) is 11.3 Å². The number of esters is 1. The van der Waals surface area contributed by atoms with Crippen LogP contribution in [0.15, 0.2) is 40.5 Å². The summed E-state index contributed by atoms with van der Waals surface area (Å²) >= 11 is 7.63. The number of aromatic nitrogens is 1. The van der Waals surface area contributed by atoms with Crippen LogP contribution in [0.1, 0.15) is 29.8 Å².